The van der Waals surface area contributed by atoms with Gasteiger partial charge in [-0.25, -0.2) is 18.1 Å². The van der Waals surface area contributed by atoms with Crippen LogP contribution in [0.1, 0.15) is 39.6 Å². The second-order valence-corrected chi connectivity index (χ2v) is 10.0. The lowest BCUT2D eigenvalue weighted by molar-refractivity contribution is 0.498. The first kappa shape index (κ1) is 17.3. The minimum atomic E-state index is -3.56. The van der Waals surface area contributed by atoms with E-state index in [9.17, 15) is 8.42 Å². The fourth-order valence-electron chi connectivity index (χ4n) is 1.76. The van der Waals surface area contributed by atoms with Crippen molar-refractivity contribution in [2.24, 2.45) is 5.73 Å². The van der Waals surface area contributed by atoms with Crippen LogP contribution in [0.25, 0.3) is 10.2 Å². The van der Waals surface area contributed by atoms with Crippen molar-refractivity contribution in [1.29, 1.82) is 0 Å². The van der Waals surface area contributed by atoms with E-state index in [1.54, 1.807) is 32.0 Å². The topological polar surface area (TPSA) is 85.1 Å². The van der Waals surface area contributed by atoms with Gasteiger partial charge in [0.15, 0.2) is 0 Å². The lowest BCUT2D eigenvalue weighted by Crippen LogP contribution is -2.45. The van der Waals surface area contributed by atoms with E-state index in [0.717, 1.165) is 15.2 Å². The Labute approximate surface area is 136 Å². The molecule has 1 heterocycles. The van der Waals surface area contributed by atoms with Crippen molar-refractivity contribution in [3.8, 4) is 0 Å². The summed E-state index contributed by atoms with van der Waals surface area (Å²) < 4.78 is 28.1. The Kier molecular flexibility index (Phi) is 4.38. The highest BCUT2D eigenvalue weighted by Crippen LogP contribution is 2.32. The molecule has 2 aromatic rings. The number of rotatable bonds is 4. The van der Waals surface area contributed by atoms with Gasteiger partial charge in [0.25, 0.3) is 0 Å². The van der Waals surface area contributed by atoms with Gasteiger partial charge in [-0.2, -0.15) is 0 Å². The Hall–Kier alpha value is -1.02. The highest BCUT2D eigenvalue weighted by molar-refractivity contribution is 7.89. The molecular weight excluding hydrogens is 318 g/mol. The van der Waals surface area contributed by atoms with Gasteiger partial charge in [0.2, 0.25) is 10.0 Å². The van der Waals surface area contributed by atoms with E-state index in [1.807, 2.05) is 0 Å². The third-order valence-electron chi connectivity index (χ3n) is 3.03. The Balaban J connectivity index is 2.36. The number of thiazole rings is 1. The molecule has 0 saturated carbocycles. The largest absolute Gasteiger partial charge is 0.324 e. The predicted octanol–water partition coefficient (Wildman–Crippen LogP) is 2.61. The standard InChI is InChI=1S/C15H23N3O2S2/c1-14(2,3)13-18-11-7-6-10(8-12(11)21-13)22(19,20)17-9-15(4,5)16/h6-8,17H,9,16H2,1-5H3. The van der Waals surface area contributed by atoms with Gasteiger partial charge in [0.05, 0.1) is 20.1 Å². The molecule has 2 rings (SSSR count). The van der Waals surface area contributed by atoms with E-state index >= 15 is 0 Å². The predicted molar refractivity (Wildman–Crippen MR) is 91.8 cm³/mol. The van der Waals surface area contributed by atoms with Crippen molar-refractivity contribution in [1.82, 2.24) is 9.71 Å². The average Bonchev–Trinajstić information content (AvgIpc) is 2.78. The van der Waals surface area contributed by atoms with E-state index in [0.29, 0.717) is 0 Å². The molecule has 0 aliphatic carbocycles. The van der Waals surface area contributed by atoms with Crippen molar-refractivity contribution < 1.29 is 8.42 Å². The van der Waals surface area contributed by atoms with Crippen molar-refractivity contribution in [2.75, 3.05) is 6.54 Å². The fraction of sp³-hybridized carbons (Fsp3) is 0.533. The normalized spacial score (nSPS) is 13.7. The van der Waals surface area contributed by atoms with Gasteiger partial charge in [-0.3, -0.25) is 0 Å². The number of nitrogens with zero attached hydrogens (tertiary/aromatic N) is 1. The molecule has 5 nitrogen and oxygen atoms in total. The SMILES string of the molecule is CC(C)(N)CNS(=O)(=O)c1ccc2nc(C(C)(C)C)sc2c1. The number of hydrogen-bond donors (Lipinski definition) is 2. The summed E-state index contributed by atoms with van der Waals surface area (Å²) in [5.74, 6) is 0. The molecule has 0 saturated heterocycles. The summed E-state index contributed by atoms with van der Waals surface area (Å²) >= 11 is 1.53. The summed E-state index contributed by atoms with van der Waals surface area (Å²) in [5.41, 5.74) is 6.01. The molecule has 0 aliphatic heterocycles. The fourth-order valence-corrected chi connectivity index (χ4v) is 4.14. The number of benzene rings is 1. The summed E-state index contributed by atoms with van der Waals surface area (Å²) in [7, 11) is -3.56. The van der Waals surface area contributed by atoms with Crippen molar-refractivity contribution in [3.05, 3.63) is 23.2 Å². The molecule has 22 heavy (non-hydrogen) atoms. The van der Waals surface area contributed by atoms with Gasteiger partial charge in [-0.1, -0.05) is 20.8 Å². The second-order valence-electron chi connectivity index (χ2n) is 7.21. The van der Waals surface area contributed by atoms with Crippen LogP contribution < -0.4 is 10.5 Å². The van der Waals surface area contributed by atoms with Gasteiger partial charge >= 0.3 is 0 Å². The van der Waals surface area contributed by atoms with Crippen LogP contribution in [0.2, 0.25) is 0 Å². The average molecular weight is 342 g/mol. The molecular formula is C15H23N3O2S2. The molecule has 0 fully saturated rings. The molecule has 0 amide bonds. The lowest BCUT2D eigenvalue weighted by atomic mass is 9.98. The van der Waals surface area contributed by atoms with E-state index in [-0.39, 0.29) is 16.9 Å². The zero-order chi connectivity index (χ0) is 16.8. The molecule has 3 N–H and O–H groups in total. The maximum atomic E-state index is 12.3. The monoisotopic (exact) mass is 341 g/mol. The molecule has 122 valence electrons. The van der Waals surface area contributed by atoms with Crippen molar-refractivity contribution >= 4 is 31.6 Å². The zero-order valence-electron chi connectivity index (χ0n) is 13.6. The molecule has 0 bridgehead atoms. The smallest absolute Gasteiger partial charge is 0.240 e. The maximum absolute atomic E-state index is 12.3. The van der Waals surface area contributed by atoms with Crippen LogP contribution in [0.5, 0.6) is 0 Å². The van der Waals surface area contributed by atoms with Gasteiger partial charge in [0, 0.05) is 17.5 Å². The summed E-state index contributed by atoms with van der Waals surface area (Å²) in [6, 6.07) is 5.01. The molecule has 0 atom stereocenters. The molecule has 0 aliphatic rings. The summed E-state index contributed by atoms with van der Waals surface area (Å²) in [4.78, 5) is 4.82. The van der Waals surface area contributed by atoms with Crippen LogP contribution >= 0.6 is 11.3 Å². The summed E-state index contributed by atoms with van der Waals surface area (Å²) in [6.45, 7) is 10.0. The van der Waals surface area contributed by atoms with Crippen molar-refractivity contribution in [2.45, 2.75) is 50.5 Å². The Morgan fingerprint density at radius 3 is 2.41 bits per heavy atom. The Morgan fingerprint density at radius 1 is 1.23 bits per heavy atom. The molecule has 0 spiro atoms. The van der Waals surface area contributed by atoms with Gasteiger partial charge < -0.3 is 5.73 Å². The molecule has 1 aromatic carbocycles. The molecule has 7 heteroatoms. The van der Waals surface area contributed by atoms with E-state index in [2.05, 4.69) is 30.5 Å². The van der Waals surface area contributed by atoms with Crippen LogP contribution in [0.15, 0.2) is 23.1 Å². The van der Waals surface area contributed by atoms with E-state index in [1.165, 1.54) is 11.3 Å². The van der Waals surface area contributed by atoms with Crippen LogP contribution in [0, 0.1) is 0 Å². The molecule has 0 radical (unpaired) electrons. The Bertz CT molecular complexity index is 781. The van der Waals surface area contributed by atoms with E-state index < -0.39 is 15.6 Å². The minimum absolute atomic E-state index is 0.0510. The first-order chi connectivity index (χ1) is 9.88. The second kappa shape index (κ2) is 5.56. The number of fused-ring (bicyclic) bond motifs is 1. The number of nitrogens with two attached hydrogens (primary N) is 1. The highest BCUT2D eigenvalue weighted by Gasteiger charge is 2.22. The Morgan fingerprint density at radius 2 is 1.86 bits per heavy atom. The van der Waals surface area contributed by atoms with Gasteiger partial charge in [-0.05, 0) is 32.0 Å². The van der Waals surface area contributed by atoms with Gasteiger partial charge in [0.1, 0.15) is 0 Å². The number of nitrogens with one attached hydrogen (secondary N) is 1. The third kappa shape index (κ3) is 4.04. The number of aromatic nitrogens is 1. The lowest BCUT2D eigenvalue weighted by Gasteiger charge is -2.18. The highest BCUT2D eigenvalue weighted by atomic mass is 32.2. The van der Waals surface area contributed by atoms with Gasteiger partial charge in [-0.15, -0.1) is 11.3 Å². The summed E-state index contributed by atoms with van der Waals surface area (Å²) in [5, 5.41) is 0.994. The quantitative estimate of drug-likeness (QED) is 0.895. The maximum Gasteiger partial charge on any atom is 0.240 e. The van der Waals surface area contributed by atoms with Crippen LogP contribution in [0.3, 0.4) is 0 Å². The number of hydrogen-bond acceptors (Lipinski definition) is 5. The summed E-state index contributed by atoms with van der Waals surface area (Å²) in [6.07, 6.45) is 0. The first-order valence-electron chi connectivity index (χ1n) is 7.08. The minimum Gasteiger partial charge on any atom is -0.324 e. The zero-order valence-corrected chi connectivity index (χ0v) is 15.2. The van der Waals surface area contributed by atoms with Crippen LogP contribution in [-0.4, -0.2) is 25.5 Å². The number of sulfonamides is 1. The molecule has 0 unspecified atom stereocenters. The van der Waals surface area contributed by atoms with E-state index in [4.69, 9.17) is 5.73 Å². The third-order valence-corrected chi connectivity index (χ3v) is 5.87. The molecule has 1 aromatic heterocycles. The first-order valence-corrected chi connectivity index (χ1v) is 9.38. The van der Waals surface area contributed by atoms with Crippen LogP contribution in [-0.2, 0) is 15.4 Å². The van der Waals surface area contributed by atoms with Crippen molar-refractivity contribution in [3.63, 3.8) is 0 Å². The van der Waals surface area contributed by atoms with Crippen LogP contribution in [0.4, 0.5) is 0 Å².